The fourth-order valence-corrected chi connectivity index (χ4v) is 3.57. The Morgan fingerprint density at radius 1 is 1.41 bits per heavy atom. The van der Waals surface area contributed by atoms with Crippen molar-refractivity contribution in [1.29, 1.82) is 0 Å². The van der Waals surface area contributed by atoms with Crippen molar-refractivity contribution < 1.29 is 19.4 Å². The summed E-state index contributed by atoms with van der Waals surface area (Å²) < 4.78 is 16.3. The Morgan fingerprint density at radius 2 is 2.19 bits per heavy atom. The smallest absolute Gasteiger partial charge is 0.341 e. The van der Waals surface area contributed by atoms with Gasteiger partial charge in [-0.2, -0.15) is 0 Å². The minimum Gasteiger partial charge on any atom is -0.477 e. The second-order valence-electron chi connectivity index (χ2n) is 5.84. The second-order valence-corrected chi connectivity index (χ2v) is 6.78. The molecule has 0 aliphatic carbocycles. The third kappa shape index (κ3) is 3.75. The zero-order valence-electron chi connectivity index (χ0n) is 14.5. The molecule has 0 unspecified atom stereocenters. The molecule has 0 amide bonds. The summed E-state index contributed by atoms with van der Waals surface area (Å²) in [7, 11) is 0. The molecule has 0 radical (unpaired) electrons. The minimum absolute atomic E-state index is 0.0183. The molecule has 142 valence electrons. The summed E-state index contributed by atoms with van der Waals surface area (Å²) in [5.41, 5.74) is 0.0496. The Hall–Kier alpha value is -2.62. The molecule has 9 heteroatoms. The number of nitrogens with zero attached hydrogens (tertiary/aromatic N) is 2. The summed E-state index contributed by atoms with van der Waals surface area (Å²) in [6, 6.07) is 2.61. The van der Waals surface area contributed by atoms with E-state index in [0.717, 1.165) is 11.1 Å². The normalized spacial score (nSPS) is 11.2. The van der Waals surface area contributed by atoms with E-state index in [-0.39, 0.29) is 23.1 Å². The lowest BCUT2D eigenvalue weighted by atomic mass is 10.1. The van der Waals surface area contributed by atoms with Crippen LogP contribution in [0.3, 0.4) is 0 Å². The number of aromatic carboxylic acids is 1. The molecule has 2 heterocycles. The van der Waals surface area contributed by atoms with Gasteiger partial charge >= 0.3 is 5.97 Å². The number of pyridine rings is 1. The molecule has 27 heavy (non-hydrogen) atoms. The zero-order valence-corrected chi connectivity index (χ0v) is 15.3. The van der Waals surface area contributed by atoms with E-state index in [1.165, 1.54) is 23.6 Å². The molecule has 0 atom stereocenters. The van der Waals surface area contributed by atoms with Crippen LogP contribution in [0.1, 0.15) is 22.3 Å². The summed E-state index contributed by atoms with van der Waals surface area (Å²) in [5, 5.41) is 23.5. The van der Waals surface area contributed by atoms with Gasteiger partial charge < -0.3 is 20.1 Å². The first-order chi connectivity index (χ1) is 13.0. The number of aliphatic hydroxyl groups is 1. The van der Waals surface area contributed by atoms with Gasteiger partial charge in [0.2, 0.25) is 5.43 Å². The van der Waals surface area contributed by atoms with Crippen molar-refractivity contribution in [3.63, 3.8) is 0 Å². The van der Waals surface area contributed by atoms with E-state index in [1.54, 1.807) is 9.95 Å². The van der Waals surface area contributed by atoms with E-state index in [9.17, 15) is 19.1 Å². The number of carboxylic acids is 1. The predicted octanol–water partition coefficient (Wildman–Crippen LogP) is 2.06. The Balaban J connectivity index is 2.11. The van der Waals surface area contributed by atoms with E-state index >= 15 is 0 Å². The highest BCUT2D eigenvalue weighted by Gasteiger charge is 2.18. The van der Waals surface area contributed by atoms with Crippen LogP contribution in [0.2, 0.25) is 0 Å². The van der Waals surface area contributed by atoms with E-state index < -0.39 is 17.2 Å². The molecule has 0 fully saturated rings. The molecule has 0 aliphatic heterocycles. The van der Waals surface area contributed by atoms with Gasteiger partial charge in [0.05, 0.1) is 17.8 Å². The van der Waals surface area contributed by atoms with Gasteiger partial charge in [0.25, 0.3) is 0 Å². The molecule has 3 aromatic rings. The van der Waals surface area contributed by atoms with Gasteiger partial charge in [-0.3, -0.25) is 4.79 Å². The van der Waals surface area contributed by atoms with Crippen LogP contribution >= 0.6 is 11.3 Å². The van der Waals surface area contributed by atoms with Crippen LogP contribution in [0.4, 0.5) is 4.39 Å². The number of hydrogen-bond acceptors (Lipinski definition) is 6. The standard InChI is InChI=1S/C18H18FN3O4S/c1-2-22-8-12(18(25)26)17(24)11-5-13(19)10(6-15(11)22)14-9-27-16(21-14)7-20-3-4-23/h5-6,8-9,20,23H,2-4,7H2,1H3,(H,25,26). The zero-order chi connectivity index (χ0) is 19.6. The molecule has 0 bridgehead atoms. The largest absolute Gasteiger partial charge is 0.477 e. The number of fused-ring (bicyclic) bond motifs is 1. The van der Waals surface area contributed by atoms with Gasteiger partial charge in [-0.25, -0.2) is 14.2 Å². The molecular formula is C18H18FN3O4S. The highest BCUT2D eigenvalue weighted by Crippen LogP contribution is 2.28. The number of aromatic nitrogens is 2. The number of rotatable bonds is 7. The number of thiazole rings is 1. The number of nitrogens with one attached hydrogen (secondary N) is 1. The van der Waals surface area contributed by atoms with Crippen LogP contribution in [0.15, 0.2) is 28.5 Å². The van der Waals surface area contributed by atoms with Crippen LogP contribution in [0, 0.1) is 5.82 Å². The molecule has 0 spiro atoms. The molecule has 0 saturated carbocycles. The third-order valence-electron chi connectivity index (χ3n) is 4.13. The summed E-state index contributed by atoms with van der Waals surface area (Å²) in [4.78, 5) is 28.1. The van der Waals surface area contributed by atoms with E-state index in [0.29, 0.717) is 30.8 Å². The Kier molecular flexibility index (Phi) is 5.64. The SMILES string of the molecule is CCn1cc(C(=O)O)c(=O)c2cc(F)c(-c3csc(CNCCO)n3)cc21. The number of aliphatic hydroxyl groups excluding tert-OH is 1. The van der Waals surface area contributed by atoms with Gasteiger partial charge in [-0.05, 0) is 19.1 Å². The fraction of sp³-hybridized carbons (Fsp3) is 0.278. The number of benzene rings is 1. The summed E-state index contributed by atoms with van der Waals surface area (Å²) in [5.74, 6) is -1.97. The first-order valence-electron chi connectivity index (χ1n) is 8.32. The van der Waals surface area contributed by atoms with E-state index in [2.05, 4.69) is 10.3 Å². The van der Waals surface area contributed by atoms with Gasteiger partial charge in [0, 0.05) is 42.2 Å². The highest BCUT2D eigenvalue weighted by molar-refractivity contribution is 7.09. The first-order valence-corrected chi connectivity index (χ1v) is 9.20. The average molecular weight is 391 g/mol. The minimum atomic E-state index is -1.34. The molecule has 0 aliphatic rings. The van der Waals surface area contributed by atoms with Crippen LogP contribution in [-0.4, -0.2) is 38.9 Å². The van der Waals surface area contributed by atoms with Crippen molar-refractivity contribution in [2.24, 2.45) is 0 Å². The maximum absolute atomic E-state index is 14.7. The molecular weight excluding hydrogens is 373 g/mol. The second kappa shape index (κ2) is 7.95. The number of carbonyl (C=O) groups is 1. The maximum Gasteiger partial charge on any atom is 0.341 e. The van der Waals surface area contributed by atoms with Gasteiger partial charge in [0.15, 0.2) is 0 Å². The lowest BCUT2D eigenvalue weighted by molar-refractivity contribution is 0.0695. The van der Waals surface area contributed by atoms with Crippen LogP contribution in [-0.2, 0) is 13.1 Å². The lowest BCUT2D eigenvalue weighted by Gasteiger charge is -2.12. The molecule has 2 aromatic heterocycles. The maximum atomic E-state index is 14.7. The number of hydrogen-bond donors (Lipinski definition) is 3. The Labute approximate surface area is 157 Å². The topological polar surface area (TPSA) is 104 Å². The average Bonchev–Trinajstić information content (AvgIpc) is 3.10. The molecule has 7 nitrogen and oxygen atoms in total. The van der Waals surface area contributed by atoms with Crippen LogP contribution in [0.5, 0.6) is 0 Å². The molecule has 3 N–H and O–H groups in total. The molecule has 3 rings (SSSR count). The molecule has 0 saturated heterocycles. The van der Waals surface area contributed by atoms with Crippen molar-refractivity contribution in [1.82, 2.24) is 14.9 Å². The summed E-state index contributed by atoms with van der Waals surface area (Å²) in [6.45, 7) is 3.16. The summed E-state index contributed by atoms with van der Waals surface area (Å²) in [6.07, 6.45) is 1.28. The monoisotopic (exact) mass is 391 g/mol. The third-order valence-corrected chi connectivity index (χ3v) is 4.98. The van der Waals surface area contributed by atoms with Crippen LogP contribution < -0.4 is 10.7 Å². The fourth-order valence-electron chi connectivity index (χ4n) is 2.81. The predicted molar refractivity (Wildman–Crippen MR) is 101 cm³/mol. The summed E-state index contributed by atoms with van der Waals surface area (Å²) >= 11 is 1.36. The van der Waals surface area contributed by atoms with Crippen molar-refractivity contribution in [2.45, 2.75) is 20.0 Å². The number of carboxylic acid groups (broad SMARTS) is 1. The number of aryl methyl sites for hydroxylation is 1. The van der Waals surface area contributed by atoms with Crippen molar-refractivity contribution >= 4 is 28.2 Å². The van der Waals surface area contributed by atoms with Gasteiger partial charge in [0.1, 0.15) is 16.4 Å². The molecule has 1 aromatic carbocycles. The first kappa shape index (κ1) is 19.2. The number of halogens is 1. The quantitative estimate of drug-likeness (QED) is 0.533. The lowest BCUT2D eigenvalue weighted by Crippen LogP contribution is -2.19. The van der Waals surface area contributed by atoms with Crippen molar-refractivity contribution in [2.75, 3.05) is 13.2 Å². The van der Waals surface area contributed by atoms with Gasteiger partial charge in [-0.1, -0.05) is 0 Å². The van der Waals surface area contributed by atoms with Crippen molar-refractivity contribution in [3.05, 3.63) is 50.3 Å². The van der Waals surface area contributed by atoms with Crippen molar-refractivity contribution in [3.8, 4) is 11.3 Å². The van der Waals surface area contributed by atoms with E-state index in [1.807, 2.05) is 6.92 Å². The van der Waals surface area contributed by atoms with E-state index in [4.69, 9.17) is 5.11 Å². The highest BCUT2D eigenvalue weighted by atomic mass is 32.1. The Bertz CT molecular complexity index is 1060. The van der Waals surface area contributed by atoms with Crippen LogP contribution in [0.25, 0.3) is 22.2 Å². The Morgan fingerprint density at radius 3 is 2.85 bits per heavy atom. The van der Waals surface area contributed by atoms with Gasteiger partial charge in [-0.15, -0.1) is 11.3 Å².